The number of nitrogens with zero attached hydrogens (tertiary/aromatic N) is 3. The molecule has 0 spiro atoms. The Morgan fingerprint density at radius 3 is 2.15 bits per heavy atom. The summed E-state index contributed by atoms with van der Waals surface area (Å²) in [5.41, 5.74) is 1.04. The first-order valence-corrected chi connectivity index (χ1v) is 12.8. The van der Waals surface area contributed by atoms with E-state index in [4.69, 9.17) is 4.98 Å². The average molecular weight is 555 g/mol. The second kappa shape index (κ2) is 10.6. The highest BCUT2D eigenvalue weighted by molar-refractivity contribution is 6.05. The van der Waals surface area contributed by atoms with Crippen molar-refractivity contribution in [1.29, 1.82) is 0 Å². The third kappa shape index (κ3) is 6.23. The van der Waals surface area contributed by atoms with Gasteiger partial charge in [-0.3, -0.25) is 4.90 Å². The van der Waals surface area contributed by atoms with E-state index in [1.165, 1.54) is 12.1 Å². The van der Waals surface area contributed by atoms with Crippen LogP contribution < -0.4 is 15.5 Å². The highest BCUT2D eigenvalue weighted by atomic mass is 19.4. The van der Waals surface area contributed by atoms with Gasteiger partial charge in [0.1, 0.15) is 11.3 Å². The molecular weight excluding hydrogens is 526 g/mol. The molecule has 3 N–H and O–H groups in total. The number of carbonyl (C=O) groups excluding carboxylic acids is 1. The molecule has 1 aliphatic heterocycles. The molecule has 0 radical (unpaired) electrons. The van der Waals surface area contributed by atoms with Crippen LogP contribution in [0.3, 0.4) is 0 Å². The van der Waals surface area contributed by atoms with Gasteiger partial charge in [-0.2, -0.15) is 26.3 Å². The molecule has 2 aliphatic rings. The number of aromatic nitrogens is 2. The summed E-state index contributed by atoms with van der Waals surface area (Å²) in [5.74, 6) is -0.471. The van der Waals surface area contributed by atoms with Gasteiger partial charge in [0, 0.05) is 44.1 Å². The van der Waals surface area contributed by atoms with Gasteiger partial charge in [0.15, 0.2) is 0 Å². The van der Waals surface area contributed by atoms with E-state index in [1.54, 1.807) is 6.20 Å². The van der Waals surface area contributed by atoms with Crippen molar-refractivity contribution >= 4 is 34.3 Å². The lowest BCUT2D eigenvalue weighted by atomic mass is 9.84. The Hall–Kier alpha value is -3.48. The van der Waals surface area contributed by atoms with Crippen LogP contribution in [0.5, 0.6) is 0 Å². The number of H-pyrrole nitrogens is 1. The van der Waals surface area contributed by atoms with Gasteiger partial charge in [0.05, 0.1) is 22.7 Å². The fraction of sp³-hybridized carbons (Fsp3) is 0.462. The Morgan fingerprint density at radius 2 is 1.54 bits per heavy atom. The third-order valence-corrected chi connectivity index (χ3v) is 7.54. The molecule has 0 atom stereocenters. The summed E-state index contributed by atoms with van der Waals surface area (Å²) in [6.07, 6.45) is -5.50. The zero-order valence-electron chi connectivity index (χ0n) is 20.9. The van der Waals surface area contributed by atoms with Crippen molar-refractivity contribution in [3.05, 3.63) is 48.2 Å². The number of alkyl halides is 6. The smallest absolute Gasteiger partial charge is 0.358 e. The van der Waals surface area contributed by atoms with Crippen molar-refractivity contribution in [1.82, 2.24) is 14.9 Å². The van der Waals surface area contributed by atoms with Crippen LogP contribution >= 0.6 is 0 Å². The van der Waals surface area contributed by atoms with Crippen molar-refractivity contribution in [3.8, 4) is 0 Å². The number of fused-ring (bicyclic) bond motifs is 1. The van der Waals surface area contributed by atoms with Gasteiger partial charge in [-0.1, -0.05) is 0 Å². The summed E-state index contributed by atoms with van der Waals surface area (Å²) in [6.45, 7) is 2.82. The number of carbonyl (C=O) groups is 1. The van der Waals surface area contributed by atoms with Gasteiger partial charge in [-0.05, 0) is 62.1 Å². The number of pyridine rings is 1. The van der Waals surface area contributed by atoms with Crippen LogP contribution in [0.15, 0.2) is 42.6 Å². The summed E-state index contributed by atoms with van der Waals surface area (Å²) in [6, 6.07) is 7.40. The second-order valence-electron chi connectivity index (χ2n) is 9.99. The second-order valence-corrected chi connectivity index (χ2v) is 9.99. The molecule has 210 valence electrons. The maximum absolute atomic E-state index is 13.0. The predicted molar refractivity (Wildman–Crippen MR) is 136 cm³/mol. The fourth-order valence-corrected chi connectivity index (χ4v) is 5.37. The maximum atomic E-state index is 13.0. The molecule has 2 fully saturated rings. The van der Waals surface area contributed by atoms with Crippen LogP contribution in [0.25, 0.3) is 11.0 Å². The molecule has 5 rings (SSSR count). The fourth-order valence-electron chi connectivity index (χ4n) is 5.37. The average Bonchev–Trinajstić information content (AvgIpc) is 3.30. The number of rotatable bonds is 4. The Balaban J connectivity index is 1.18. The summed E-state index contributed by atoms with van der Waals surface area (Å²) in [5, 5.41) is 5.19. The molecule has 0 bridgehead atoms. The predicted octanol–water partition coefficient (Wildman–Crippen LogP) is 6.47. The van der Waals surface area contributed by atoms with Crippen LogP contribution in [-0.2, 0) is 6.18 Å². The first kappa shape index (κ1) is 27.1. The van der Waals surface area contributed by atoms with Crippen molar-refractivity contribution in [2.24, 2.45) is 5.92 Å². The van der Waals surface area contributed by atoms with Crippen molar-refractivity contribution in [2.45, 2.75) is 44.1 Å². The molecule has 1 saturated heterocycles. The number of benzene rings is 1. The van der Waals surface area contributed by atoms with E-state index in [1.807, 2.05) is 12.1 Å². The third-order valence-electron chi connectivity index (χ3n) is 7.54. The monoisotopic (exact) mass is 554 g/mol. The standard InChI is InChI=1S/C26H28F6N6O/c27-25(28,29)16-1-5-18(6-2-16)34-24(39)35-21-15-33-20-9-10-22(36-23(20)21)38-13-11-37(12-14-38)19-7-3-17(4-8-19)26(30,31)32/h1-2,5-6,9-10,15,17,19,33H,3-4,7-8,11-14H2,(H2,34,35,39). The van der Waals surface area contributed by atoms with Gasteiger partial charge >= 0.3 is 18.4 Å². The highest BCUT2D eigenvalue weighted by Gasteiger charge is 2.42. The minimum absolute atomic E-state index is 0.171. The minimum atomic E-state index is -4.46. The molecule has 2 aromatic heterocycles. The number of nitrogens with one attached hydrogen (secondary N) is 3. The molecule has 2 amide bonds. The van der Waals surface area contributed by atoms with Crippen LogP contribution in [0, 0.1) is 5.92 Å². The number of halogens is 6. The van der Waals surface area contributed by atoms with Crippen LogP contribution in [0.2, 0.25) is 0 Å². The molecule has 0 unspecified atom stereocenters. The van der Waals surface area contributed by atoms with Gasteiger partial charge < -0.3 is 20.5 Å². The van der Waals surface area contributed by atoms with E-state index in [2.05, 4.69) is 25.4 Å². The maximum Gasteiger partial charge on any atom is 0.416 e. The highest BCUT2D eigenvalue weighted by Crippen LogP contribution is 2.39. The lowest BCUT2D eigenvalue weighted by Gasteiger charge is -2.42. The zero-order valence-corrected chi connectivity index (χ0v) is 20.9. The summed E-state index contributed by atoms with van der Waals surface area (Å²) in [4.78, 5) is 24.6. The van der Waals surface area contributed by atoms with Crippen molar-refractivity contribution < 1.29 is 31.1 Å². The van der Waals surface area contributed by atoms with E-state index in [0.717, 1.165) is 25.2 Å². The molecule has 7 nitrogen and oxygen atoms in total. The normalized spacial score (nSPS) is 21.2. The van der Waals surface area contributed by atoms with Crippen LogP contribution in [0.1, 0.15) is 31.2 Å². The Labute approximate surface area is 220 Å². The SMILES string of the molecule is O=C(Nc1ccc(C(F)(F)F)cc1)Nc1c[nH]c2ccc(N3CCN(C4CCC(C(F)(F)F)CC4)CC3)nc12. The number of anilines is 3. The summed E-state index contributed by atoms with van der Waals surface area (Å²) >= 11 is 0. The lowest BCUT2D eigenvalue weighted by molar-refractivity contribution is -0.184. The largest absolute Gasteiger partial charge is 0.416 e. The van der Waals surface area contributed by atoms with E-state index in [0.29, 0.717) is 48.5 Å². The number of urea groups is 1. The quantitative estimate of drug-likeness (QED) is 0.323. The Morgan fingerprint density at radius 1 is 0.872 bits per heavy atom. The molecule has 3 aromatic rings. The number of amides is 2. The summed E-state index contributed by atoms with van der Waals surface area (Å²) < 4.78 is 77.2. The molecule has 1 aliphatic carbocycles. The van der Waals surface area contributed by atoms with Crippen molar-refractivity contribution in [2.75, 3.05) is 41.7 Å². The van der Waals surface area contributed by atoms with Gasteiger partial charge in [0.25, 0.3) is 0 Å². The lowest BCUT2D eigenvalue weighted by Crippen LogP contribution is -2.51. The Kier molecular flexibility index (Phi) is 7.36. The minimum Gasteiger partial charge on any atom is -0.358 e. The topological polar surface area (TPSA) is 76.3 Å². The van der Waals surface area contributed by atoms with Crippen LogP contribution in [0.4, 0.5) is 48.3 Å². The first-order valence-electron chi connectivity index (χ1n) is 12.8. The van der Waals surface area contributed by atoms with Crippen LogP contribution in [-0.4, -0.2) is 59.3 Å². The van der Waals surface area contributed by atoms with E-state index < -0.39 is 29.9 Å². The number of hydrogen-bond acceptors (Lipinski definition) is 4. The van der Waals surface area contributed by atoms with E-state index in [-0.39, 0.29) is 24.6 Å². The zero-order chi connectivity index (χ0) is 27.8. The summed E-state index contributed by atoms with van der Waals surface area (Å²) in [7, 11) is 0. The Bertz CT molecular complexity index is 1290. The van der Waals surface area contributed by atoms with Gasteiger partial charge in [0.2, 0.25) is 0 Å². The van der Waals surface area contributed by atoms with E-state index in [9.17, 15) is 31.1 Å². The van der Waals surface area contributed by atoms with Crippen molar-refractivity contribution in [3.63, 3.8) is 0 Å². The molecule has 1 saturated carbocycles. The van der Waals surface area contributed by atoms with E-state index >= 15 is 0 Å². The number of hydrogen-bond donors (Lipinski definition) is 3. The number of piperazine rings is 1. The molecule has 13 heteroatoms. The molecule has 3 heterocycles. The van der Waals surface area contributed by atoms with Gasteiger partial charge in [-0.15, -0.1) is 0 Å². The molecular formula is C26H28F6N6O. The molecule has 39 heavy (non-hydrogen) atoms. The van der Waals surface area contributed by atoms with Gasteiger partial charge in [-0.25, -0.2) is 9.78 Å². The first-order chi connectivity index (χ1) is 18.5. The molecule has 1 aromatic carbocycles. The number of aromatic amines is 1.